The molecule has 3 N–H and O–H groups in total. The molecule has 1 aromatic rings. The van der Waals surface area contributed by atoms with E-state index in [1.54, 1.807) is 0 Å². The Hall–Kier alpha value is -1.35. The van der Waals surface area contributed by atoms with Gasteiger partial charge in [-0.3, -0.25) is 4.79 Å². The SMILES string of the molecule is CCOC(=O)C[C@H]([NH3+])c1ccc(C)cc1C. The molecule has 0 bridgehead atoms. The van der Waals surface area contributed by atoms with Crippen LogP contribution in [0.5, 0.6) is 0 Å². The average molecular weight is 222 g/mol. The van der Waals surface area contributed by atoms with Crippen LogP contribution in [0.1, 0.15) is 36.1 Å². The Kier molecular flexibility index (Phi) is 4.50. The Balaban J connectivity index is 2.72. The van der Waals surface area contributed by atoms with E-state index in [1.807, 2.05) is 26.0 Å². The van der Waals surface area contributed by atoms with Gasteiger partial charge in [-0.05, 0) is 26.3 Å². The zero-order chi connectivity index (χ0) is 12.1. The van der Waals surface area contributed by atoms with Crippen LogP contribution in [-0.2, 0) is 9.53 Å². The first kappa shape index (κ1) is 12.7. The topological polar surface area (TPSA) is 53.9 Å². The summed E-state index contributed by atoms with van der Waals surface area (Å²) in [5.74, 6) is -0.178. The van der Waals surface area contributed by atoms with Gasteiger partial charge in [0.25, 0.3) is 0 Å². The maximum atomic E-state index is 11.3. The first-order valence-corrected chi connectivity index (χ1v) is 5.60. The number of hydrogen-bond acceptors (Lipinski definition) is 2. The van der Waals surface area contributed by atoms with E-state index >= 15 is 0 Å². The number of carbonyl (C=O) groups is 1. The molecule has 0 aliphatic heterocycles. The molecular weight excluding hydrogens is 202 g/mol. The highest BCUT2D eigenvalue weighted by Gasteiger charge is 2.17. The van der Waals surface area contributed by atoms with Crippen molar-refractivity contribution in [3.05, 3.63) is 34.9 Å². The van der Waals surface area contributed by atoms with E-state index in [0.29, 0.717) is 13.0 Å². The number of hydrogen-bond donors (Lipinski definition) is 1. The van der Waals surface area contributed by atoms with Crippen molar-refractivity contribution in [2.45, 2.75) is 33.2 Å². The van der Waals surface area contributed by atoms with Gasteiger partial charge in [-0.2, -0.15) is 0 Å². The van der Waals surface area contributed by atoms with Gasteiger partial charge in [-0.25, -0.2) is 0 Å². The van der Waals surface area contributed by atoms with Gasteiger partial charge in [-0.1, -0.05) is 23.8 Å². The molecule has 0 amide bonds. The smallest absolute Gasteiger partial charge is 0.312 e. The van der Waals surface area contributed by atoms with E-state index in [2.05, 4.69) is 18.7 Å². The fourth-order valence-corrected chi connectivity index (χ4v) is 1.81. The second-order valence-corrected chi connectivity index (χ2v) is 4.07. The van der Waals surface area contributed by atoms with Gasteiger partial charge in [0.15, 0.2) is 0 Å². The minimum absolute atomic E-state index is 0.0281. The van der Waals surface area contributed by atoms with Crippen LogP contribution in [-0.4, -0.2) is 12.6 Å². The van der Waals surface area contributed by atoms with Gasteiger partial charge in [0.05, 0.1) is 6.61 Å². The Morgan fingerprint density at radius 3 is 2.69 bits per heavy atom. The van der Waals surface area contributed by atoms with Crippen molar-refractivity contribution < 1.29 is 15.3 Å². The third-order valence-electron chi connectivity index (χ3n) is 2.58. The van der Waals surface area contributed by atoms with Crippen molar-refractivity contribution in [2.75, 3.05) is 6.61 Å². The molecule has 0 aliphatic carbocycles. The molecule has 3 heteroatoms. The van der Waals surface area contributed by atoms with E-state index in [4.69, 9.17) is 4.74 Å². The number of esters is 1. The summed E-state index contributed by atoms with van der Waals surface area (Å²) in [5.41, 5.74) is 7.55. The van der Waals surface area contributed by atoms with Crippen LogP contribution in [0.2, 0.25) is 0 Å². The summed E-state index contributed by atoms with van der Waals surface area (Å²) in [7, 11) is 0. The molecule has 0 saturated heterocycles. The van der Waals surface area contributed by atoms with Crippen molar-refractivity contribution >= 4 is 5.97 Å². The van der Waals surface area contributed by atoms with Crippen LogP contribution in [0.15, 0.2) is 18.2 Å². The first-order chi connectivity index (χ1) is 7.54. The molecule has 0 aromatic heterocycles. The second kappa shape index (κ2) is 5.66. The molecule has 0 fully saturated rings. The Morgan fingerprint density at radius 1 is 1.44 bits per heavy atom. The third kappa shape index (κ3) is 3.35. The van der Waals surface area contributed by atoms with Crippen LogP contribution < -0.4 is 5.73 Å². The molecule has 0 unspecified atom stereocenters. The maximum Gasteiger partial charge on any atom is 0.312 e. The summed E-state index contributed by atoms with van der Waals surface area (Å²) in [6, 6.07) is 6.17. The molecule has 0 heterocycles. The van der Waals surface area contributed by atoms with Gasteiger partial charge in [0.1, 0.15) is 12.5 Å². The van der Waals surface area contributed by atoms with E-state index < -0.39 is 0 Å². The van der Waals surface area contributed by atoms with E-state index in [1.165, 1.54) is 11.1 Å². The van der Waals surface area contributed by atoms with Crippen molar-refractivity contribution in [3.8, 4) is 0 Å². The van der Waals surface area contributed by atoms with E-state index in [-0.39, 0.29) is 12.0 Å². The van der Waals surface area contributed by atoms with Gasteiger partial charge in [-0.15, -0.1) is 0 Å². The highest BCUT2D eigenvalue weighted by atomic mass is 16.5. The van der Waals surface area contributed by atoms with Gasteiger partial charge >= 0.3 is 5.97 Å². The van der Waals surface area contributed by atoms with Crippen LogP contribution in [0, 0.1) is 13.8 Å². The zero-order valence-corrected chi connectivity index (χ0v) is 10.2. The Morgan fingerprint density at radius 2 is 2.12 bits per heavy atom. The molecule has 1 rings (SSSR count). The van der Waals surface area contributed by atoms with Crippen molar-refractivity contribution in [1.82, 2.24) is 0 Å². The zero-order valence-electron chi connectivity index (χ0n) is 10.2. The molecule has 16 heavy (non-hydrogen) atoms. The van der Waals surface area contributed by atoms with Gasteiger partial charge in [0, 0.05) is 5.56 Å². The fraction of sp³-hybridized carbons (Fsp3) is 0.462. The van der Waals surface area contributed by atoms with Crippen LogP contribution in [0.4, 0.5) is 0 Å². The summed E-state index contributed by atoms with van der Waals surface area (Å²) in [6.07, 6.45) is 0.345. The van der Waals surface area contributed by atoms with Gasteiger partial charge < -0.3 is 10.5 Å². The average Bonchev–Trinajstić information content (AvgIpc) is 2.17. The Labute approximate surface area is 96.6 Å². The predicted molar refractivity (Wildman–Crippen MR) is 62.8 cm³/mol. The largest absolute Gasteiger partial charge is 0.466 e. The Bertz CT molecular complexity index is 374. The van der Waals surface area contributed by atoms with E-state index in [0.717, 1.165) is 5.56 Å². The van der Waals surface area contributed by atoms with Crippen molar-refractivity contribution in [1.29, 1.82) is 0 Å². The minimum atomic E-state index is -0.178. The second-order valence-electron chi connectivity index (χ2n) is 4.07. The van der Waals surface area contributed by atoms with Gasteiger partial charge in [0.2, 0.25) is 0 Å². The highest BCUT2D eigenvalue weighted by Crippen LogP contribution is 2.18. The number of rotatable bonds is 4. The summed E-state index contributed by atoms with van der Waals surface area (Å²) >= 11 is 0. The normalized spacial score (nSPS) is 12.2. The first-order valence-electron chi connectivity index (χ1n) is 5.60. The maximum absolute atomic E-state index is 11.3. The molecule has 0 saturated carbocycles. The lowest BCUT2D eigenvalue weighted by molar-refractivity contribution is -0.426. The number of carbonyl (C=O) groups excluding carboxylic acids is 1. The molecule has 3 nitrogen and oxygen atoms in total. The summed E-state index contributed by atoms with van der Waals surface area (Å²) < 4.78 is 4.92. The minimum Gasteiger partial charge on any atom is -0.466 e. The molecule has 1 aromatic carbocycles. The fourth-order valence-electron chi connectivity index (χ4n) is 1.81. The predicted octanol–water partition coefficient (Wildman–Crippen LogP) is 1.54. The third-order valence-corrected chi connectivity index (χ3v) is 2.58. The summed E-state index contributed by atoms with van der Waals surface area (Å²) in [4.78, 5) is 11.3. The molecule has 0 spiro atoms. The lowest BCUT2D eigenvalue weighted by Gasteiger charge is -2.11. The summed E-state index contributed by atoms with van der Waals surface area (Å²) in [6.45, 7) is 6.34. The van der Waals surface area contributed by atoms with Crippen molar-refractivity contribution in [2.24, 2.45) is 0 Å². The molecule has 0 aliphatic rings. The monoisotopic (exact) mass is 222 g/mol. The van der Waals surface area contributed by atoms with Crippen LogP contribution in [0.25, 0.3) is 0 Å². The van der Waals surface area contributed by atoms with Crippen LogP contribution in [0.3, 0.4) is 0 Å². The lowest BCUT2D eigenvalue weighted by atomic mass is 9.98. The number of benzene rings is 1. The van der Waals surface area contributed by atoms with E-state index in [9.17, 15) is 4.79 Å². The highest BCUT2D eigenvalue weighted by molar-refractivity contribution is 5.70. The quantitative estimate of drug-likeness (QED) is 0.786. The lowest BCUT2D eigenvalue weighted by Crippen LogP contribution is -2.54. The van der Waals surface area contributed by atoms with Crippen molar-refractivity contribution in [3.63, 3.8) is 0 Å². The summed E-state index contributed by atoms with van der Waals surface area (Å²) in [5, 5.41) is 0. The van der Waals surface area contributed by atoms with Crippen LogP contribution >= 0.6 is 0 Å². The molecule has 88 valence electrons. The standard InChI is InChI=1S/C13H19NO2/c1-4-16-13(15)8-12(14)11-6-5-9(2)7-10(11)3/h5-7,12H,4,8,14H2,1-3H3/p+1/t12-/m0/s1. The number of aryl methyl sites for hydroxylation is 2. The number of ether oxygens (including phenoxy) is 1. The molecule has 0 radical (unpaired) electrons. The number of quaternary nitrogens is 1. The molecule has 1 atom stereocenters. The molecular formula is C13H20NO2+.